The lowest BCUT2D eigenvalue weighted by atomic mass is 10.2. The Hall–Kier alpha value is -3.19. The minimum atomic E-state index is -3.44. The summed E-state index contributed by atoms with van der Waals surface area (Å²) in [6, 6.07) is 4.32. The Bertz CT molecular complexity index is 1520. The molecule has 0 spiro atoms. The van der Waals surface area contributed by atoms with Gasteiger partial charge in [-0.1, -0.05) is 0 Å². The van der Waals surface area contributed by atoms with Crippen LogP contribution in [0.25, 0.3) is 22.3 Å². The van der Waals surface area contributed by atoms with E-state index in [9.17, 15) is 8.42 Å². The molecule has 1 aliphatic carbocycles. The van der Waals surface area contributed by atoms with E-state index in [4.69, 9.17) is 5.10 Å². The predicted molar refractivity (Wildman–Crippen MR) is 141 cm³/mol. The molecule has 4 aromatic heterocycles. The van der Waals surface area contributed by atoms with Crippen molar-refractivity contribution in [2.75, 3.05) is 22.1 Å². The average molecular weight is 526 g/mol. The van der Waals surface area contributed by atoms with Gasteiger partial charge in [-0.3, -0.25) is 4.68 Å². The number of aromatic nitrogens is 7. The first-order chi connectivity index (χ1) is 17.4. The third kappa shape index (κ3) is 4.41. The summed E-state index contributed by atoms with van der Waals surface area (Å²) in [6.45, 7) is 4.21. The molecule has 2 aliphatic rings. The molecule has 11 nitrogen and oxygen atoms in total. The number of rotatable bonds is 8. The molecule has 2 fully saturated rings. The number of pyridine rings is 1. The van der Waals surface area contributed by atoms with Gasteiger partial charge in [0.25, 0.3) is 10.0 Å². The molecule has 0 amide bonds. The quantitative estimate of drug-likeness (QED) is 0.351. The molecule has 13 heteroatoms. The van der Waals surface area contributed by atoms with Crippen LogP contribution in [0.5, 0.6) is 0 Å². The normalized spacial score (nSPS) is 18.2. The third-order valence-electron chi connectivity index (χ3n) is 6.29. The first-order valence-corrected chi connectivity index (χ1v) is 14.7. The molecule has 1 saturated carbocycles. The zero-order valence-corrected chi connectivity index (χ0v) is 21.6. The van der Waals surface area contributed by atoms with Gasteiger partial charge in [-0.2, -0.15) is 26.0 Å². The van der Waals surface area contributed by atoms with E-state index in [0.29, 0.717) is 41.9 Å². The SMILES string of the molecule is CC(C)n1nc(NC2CCSC2)c2cnc(Nc3ccnc(-c4cnn(S(=O)(=O)C5CC5)c4)n3)cc21. The van der Waals surface area contributed by atoms with Crippen molar-refractivity contribution in [1.82, 2.24) is 33.9 Å². The molecule has 1 atom stereocenters. The summed E-state index contributed by atoms with van der Waals surface area (Å²) in [7, 11) is -3.44. The Labute approximate surface area is 213 Å². The minimum Gasteiger partial charge on any atom is -0.364 e. The largest absolute Gasteiger partial charge is 0.364 e. The molecule has 0 radical (unpaired) electrons. The van der Waals surface area contributed by atoms with E-state index < -0.39 is 10.0 Å². The minimum absolute atomic E-state index is 0.186. The molecule has 0 aromatic carbocycles. The van der Waals surface area contributed by atoms with E-state index in [-0.39, 0.29) is 11.3 Å². The van der Waals surface area contributed by atoms with E-state index in [1.165, 1.54) is 18.1 Å². The molecule has 36 heavy (non-hydrogen) atoms. The predicted octanol–water partition coefficient (Wildman–Crippen LogP) is 3.67. The maximum Gasteiger partial charge on any atom is 0.256 e. The smallest absolute Gasteiger partial charge is 0.256 e. The Morgan fingerprint density at radius 2 is 2.00 bits per heavy atom. The zero-order chi connectivity index (χ0) is 24.9. The van der Waals surface area contributed by atoms with Crippen LogP contribution >= 0.6 is 11.8 Å². The van der Waals surface area contributed by atoms with Gasteiger partial charge in [-0.25, -0.2) is 23.4 Å². The molecule has 1 aliphatic heterocycles. The van der Waals surface area contributed by atoms with Gasteiger partial charge in [0.2, 0.25) is 0 Å². The van der Waals surface area contributed by atoms with Gasteiger partial charge in [0.15, 0.2) is 11.6 Å². The molecule has 1 saturated heterocycles. The summed E-state index contributed by atoms with van der Waals surface area (Å²) in [5.41, 5.74) is 1.52. The van der Waals surface area contributed by atoms with Crippen LogP contribution in [0, 0.1) is 0 Å². The number of anilines is 3. The highest BCUT2D eigenvalue weighted by atomic mass is 32.2. The summed E-state index contributed by atoms with van der Waals surface area (Å²) >= 11 is 1.96. The molecule has 5 heterocycles. The van der Waals surface area contributed by atoms with Crippen molar-refractivity contribution in [3.05, 3.63) is 36.9 Å². The number of hydrogen-bond acceptors (Lipinski definition) is 10. The van der Waals surface area contributed by atoms with Gasteiger partial charge in [-0.15, -0.1) is 0 Å². The van der Waals surface area contributed by atoms with Gasteiger partial charge in [0.1, 0.15) is 11.6 Å². The topological polar surface area (TPSA) is 133 Å². The van der Waals surface area contributed by atoms with Crippen LogP contribution in [0.3, 0.4) is 0 Å². The van der Waals surface area contributed by atoms with Crippen molar-refractivity contribution in [2.24, 2.45) is 0 Å². The molecule has 4 aromatic rings. The highest BCUT2D eigenvalue weighted by Crippen LogP contribution is 2.31. The lowest BCUT2D eigenvalue weighted by molar-refractivity contribution is 0.551. The fraction of sp³-hybridized carbons (Fsp3) is 0.435. The number of hydrogen-bond donors (Lipinski definition) is 2. The fourth-order valence-electron chi connectivity index (χ4n) is 4.22. The zero-order valence-electron chi connectivity index (χ0n) is 20.0. The number of fused-ring (bicyclic) bond motifs is 1. The van der Waals surface area contributed by atoms with Gasteiger partial charge in [-0.05, 0) is 44.9 Å². The number of nitrogens with one attached hydrogen (secondary N) is 2. The summed E-state index contributed by atoms with van der Waals surface area (Å²) in [5, 5.41) is 16.4. The third-order valence-corrected chi connectivity index (χ3v) is 9.49. The second-order valence-electron chi connectivity index (χ2n) is 9.41. The van der Waals surface area contributed by atoms with Crippen molar-refractivity contribution < 1.29 is 8.42 Å². The van der Waals surface area contributed by atoms with Crippen LogP contribution in [0.2, 0.25) is 0 Å². The van der Waals surface area contributed by atoms with Crippen molar-refractivity contribution in [2.45, 2.75) is 50.4 Å². The van der Waals surface area contributed by atoms with Crippen molar-refractivity contribution in [3.63, 3.8) is 0 Å². The Kier molecular flexibility index (Phi) is 5.83. The highest BCUT2D eigenvalue weighted by molar-refractivity contribution is 7.99. The van der Waals surface area contributed by atoms with Gasteiger partial charge in [0.05, 0.1) is 34.1 Å². The second-order valence-corrected chi connectivity index (χ2v) is 12.6. The first-order valence-electron chi connectivity index (χ1n) is 12.0. The Balaban J connectivity index is 1.26. The van der Waals surface area contributed by atoms with Crippen LogP contribution < -0.4 is 10.6 Å². The summed E-state index contributed by atoms with van der Waals surface area (Å²) < 4.78 is 27.9. The summed E-state index contributed by atoms with van der Waals surface area (Å²) in [6.07, 6.45) is 8.89. The molecular weight excluding hydrogens is 498 g/mol. The van der Waals surface area contributed by atoms with Crippen molar-refractivity contribution >= 4 is 50.1 Å². The second kappa shape index (κ2) is 9.04. The van der Waals surface area contributed by atoms with Gasteiger partial charge >= 0.3 is 0 Å². The fourth-order valence-corrected chi connectivity index (χ4v) is 6.85. The van der Waals surface area contributed by atoms with Crippen LogP contribution in [-0.2, 0) is 10.0 Å². The maximum absolute atomic E-state index is 12.5. The monoisotopic (exact) mass is 525 g/mol. The van der Waals surface area contributed by atoms with Crippen LogP contribution in [0.4, 0.5) is 17.5 Å². The Morgan fingerprint density at radius 3 is 2.75 bits per heavy atom. The highest BCUT2D eigenvalue weighted by Gasteiger charge is 2.37. The summed E-state index contributed by atoms with van der Waals surface area (Å²) in [5.74, 6) is 4.68. The van der Waals surface area contributed by atoms with Gasteiger partial charge < -0.3 is 10.6 Å². The number of thioether (sulfide) groups is 1. The molecule has 1 unspecified atom stereocenters. The van der Waals surface area contributed by atoms with E-state index in [1.807, 2.05) is 28.7 Å². The van der Waals surface area contributed by atoms with Crippen LogP contribution in [0.1, 0.15) is 39.2 Å². The van der Waals surface area contributed by atoms with E-state index in [2.05, 4.69) is 44.5 Å². The van der Waals surface area contributed by atoms with E-state index in [1.54, 1.807) is 12.3 Å². The van der Waals surface area contributed by atoms with Crippen LogP contribution in [0.15, 0.2) is 36.9 Å². The molecule has 0 bridgehead atoms. The van der Waals surface area contributed by atoms with Crippen molar-refractivity contribution in [1.29, 1.82) is 0 Å². The van der Waals surface area contributed by atoms with Gasteiger partial charge in [0, 0.05) is 36.3 Å². The van der Waals surface area contributed by atoms with E-state index >= 15 is 0 Å². The Morgan fingerprint density at radius 1 is 1.14 bits per heavy atom. The summed E-state index contributed by atoms with van der Waals surface area (Å²) in [4.78, 5) is 13.5. The van der Waals surface area contributed by atoms with Crippen molar-refractivity contribution in [3.8, 4) is 11.4 Å². The molecule has 188 valence electrons. The first kappa shape index (κ1) is 23.2. The average Bonchev–Trinajstić information content (AvgIpc) is 3.25. The van der Waals surface area contributed by atoms with Crippen LogP contribution in [-0.4, -0.2) is 65.1 Å². The maximum atomic E-state index is 12.5. The van der Waals surface area contributed by atoms with E-state index in [0.717, 1.165) is 33.0 Å². The lowest BCUT2D eigenvalue weighted by Crippen LogP contribution is -2.18. The molecular formula is C23H27N9O2S2. The standard InChI is InChI=1S/C23H27N9O2S2/c1-14(2)32-19-9-21(25-11-18(19)23(30-32)27-16-6-8-35-13-16)28-20-5-7-24-22(29-20)15-10-26-31(12-15)36(33,34)17-3-4-17/h5,7,9-12,14,16-17H,3-4,6,8,13H2,1-2H3,(H,27,30)(H,24,25,28,29). The lowest BCUT2D eigenvalue weighted by Gasteiger charge is -2.10. The number of nitrogens with zero attached hydrogens (tertiary/aromatic N) is 7. The molecule has 2 N–H and O–H groups in total. The molecule has 6 rings (SSSR count).